The zero-order valence-electron chi connectivity index (χ0n) is 27.0. The van der Waals surface area contributed by atoms with Crippen molar-refractivity contribution in [3.63, 3.8) is 0 Å². The van der Waals surface area contributed by atoms with Gasteiger partial charge in [0.15, 0.2) is 6.17 Å². The Kier molecular flexibility index (Phi) is 12.7. The average Bonchev–Trinajstić information content (AvgIpc) is 2.96. The predicted molar refractivity (Wildman–Crippen MR) is 171 cm³/mol. The molecule has 44 heavy (non-hydrogen) atoms. The summed E-state index contributed by atoms with van der Waals surface area (Å²) in [4.78, 5) is 36.7. The molecule has 4 aliphatic rings. The summed E-state index contributed by atoms with van der Waals surface area (Å²) in [5.41, 5.74) is 12.2. The number of piperidine rings is 1. The van der Waals surface area contributed by atoms with Gasteiger partial charge >= 0.3 is 0 Å². The Bertz CT molecular complexity index is 1010. The number of carbonyl (C=O) groups is 2. The Labute approximate surface area is 262 Å². The average molecular weight is 623 g/mol. The van der Waals surface area contributed by atoms with Crippen LogP contribution in [0.5, 0.6) is 0 Å². The van der Waals surface area contributed by atoms with Crippen LogP contribution in [0.4, 0.5) is 8.78 Å². The third-order valence-electron chi connectivity index (χ3n) is 10.1. The molecule has 7 unspecified atom stereocenters. The number of hydrogen-bond acceptors (Lipinski definition) is 8. The van der Waals surface area contributed by atoms with Crippen LogP contribution in [0.1, 0.15) is 58.8 Å². The molecule has 0 aromatic carbocycles. The van der Waals surface area contributed by atoms with E-state index in [1.807, 2.05) is 22.9 Å². The van der Waals surface area contributed by atoms with Gasteiger partial charge in [-0.25, -0.2) is 8.78 Å². The number of rotatable bonds is 11. The van der Waals surface area contributed by atoms with E-state index >= 15 is 4.39 Å². The number of likely N-dealkylation sites (N-methyl/N-ethyl adjacent to an activating group) is 1. The van der Waals surface area contributed by atoms with Crippen LogP contribution in [0.25, 0.3) is 0 Å². The van der Waals surface area contributed by atoms with E-state index in [4.69, 9.17) is 11.5 Å². The minimum absolute atomic E-state index is 0.0697. The second kappa shape index (κ2) is 16.0. The Morgan fingerprint density at radius 1 is 1.20 bits per heavy atom. The van der Waals surface area contributed by atoms with Gasteiger partial charge in [-0.1, -0.05) is 45.3 Å². The lowest BCUT2D eigenvalue weighted by molar-refractivity contribution is -0.136. The Hall–Kier alpha value is -1.99. The van der Waals surface area contributed by atoms with Gasteiger partial charge in [0.25, 0.3) is 0 Å². The van der Waals surface area contributed by atoms with Crippen molar-refractivity contribution in [2.45, 2.75) is 95.4 Å². The van der Waals surface area contributed by atoms with Gasteiger partial charge in [-0.3, -0.25) is 24.4 Å². The lowest BCUT2D eigenvalue weighted by atomic mass is 9.74. The molecule has 4 aliphatic heterocycles. The largest absolute Gasteiger partial charge is 0.349 e. The van der Waals surface area contributed by atoms with Crippen LogP contribution in [-0.4, -0.2) is 129 Å². The van der Waals surface area contributed by atoms with E-state index in [0.29, 0.717) is 32.0 Å². The van der Waals surface area contributed by atoms with Gasteiger partial charge in [-0.2, -0.15) is 0 Å². The molecule has 2 saturated heterocycles. The highest BCUT2D eigenvalue weighted by Gasteiger charge is 2.43. The van der Waals surface area contributed by atoms with Crippen molar-refractivity contribution < 1.29 is 18.4 Å². The summed E-state index contributed by atoms with van der Waals surface area (Å²) in [6.07, 6.45) is 7.79. The smallest absolute Gasteiger partial charge is 0.236 e. The molecule has 7 atom stereocenters. The van der Waals surface area contributed by atoms with Gasteiger partial charge in [0.1, 0.15) is 6.17 Å². The Morgan fingerprint density at radius 2 is 1.95 bits per heavy atom. The van der Waals surface area contributed by atoms with Crippen LogP contribution in [0.2, 0.25) is 0 Å². The van der Waals surface area contributed by atoms with E-state index in [0.717, 1.165) is 58.2 Å². The summed E-state index contributed by atoms with van der Waals surface area (Å²) in [5.74, 6) is -0.638. The van der Waals surface area contributed by atoms with Crippen LogP contribution in [0, 0.1) is 17.3 Å². The number of nitrogens with zero attached hydrogens (tertiary/aromatic N) is 4. The van der Waals surface area contributed by atoms with Gasteiger partial charge in [-0.05, 0) is 57.2 Å². The number of piperazine rings is 1. The highest BCUT2D eigenvalue weighted by molar-refractivity contribution is 5.81. The molecule has 0 aromatic heterocycles. The van der Waals surface area contributed by atoms with Crippen molar-refractivity contribution in [1.82, 2.24) is 25.3 Å². The molecule has 10 nitrogen and oxygen atoms in total. The summed E-state index contributed by atoms with van der Waals surface area (Å²) in [5, 5.41) is 6.34. The molecule has 0 saturated carbocycles. The third-order valence-corrected chi connectivity index (χ3v) is 10.1. The zero-order chi connectivity index (χ0) is 31.9. The molecular weight excluding hydrogens is 566 g/mol. The summed E-state index contributed by atoms with van der Waals surface area (Å²) < 4.78 is 30.2. The van der Waals surface area contributed by atoms with Gasteiger partial charge in [0, 0.05) is 38.4 Å². The molecule has 2 amide bonds. The summed E-state index contributed by atoms with van der Waals surface area (Å²) in [6, 6.07) is -1.54. The SMILES string of the molecule is CCCCCC1(C)/C=C\C(F)CNC(C(C(=O)NC2CN=CC(F)C2N2CCC(CN3CCN(C)CC3=O)CC2)C(N)N)C1. The number of alkyl halides is 2. The minimum Gasteiger partial charge on any atom is -0.349 e. The maximum absolute atomic E-state index is 15.5. The molecule has 4 rings (SSSR count). The fourth-order valence-electron chi connectivity index (χ4n) is 7.48. The lowest BCUT2D eigenvalue weighted by Gasteiger charge is -2.44. The van der Waals surface area contributed by atoms with Crippen LogP contribution >= 0.6 is 0 Å². The Morgan fingerprint density at radius 3 is 2.64 bits per heavy atom. The van der Waals surface area contributed by atoms with E-state index in [1.165, 1.54) is 6.21 Å². The number of halogens is 2. The van der Waals surface area contributed by atoms with E-state index in [-0.39, 0.29) is 30.3 Å². The van der Waals surface area contributed by atoms with Crippen LogP contribution in [0.3, 0.4) is 0 Å². The number of allylic oxidation sites excluding steroid dienone is 1. The number of carbonyl (C=O) groups excluding carboxylic acids is 2. The number of hydrogen-bond donors (Lipinski definition) is 4. The molecule has 12 heteroatoms. The molecule has 0 spiro atoms. The van der Waals surface area contributed by atoms with Crippen molar-refractivity contribution in [2.24, 2.45) is 33.7 Å². The van der Waals surface area contributed by atoms with Gasteiger partial charge < -0.3 is 27.0 Å². The fraction of sp³-hybridized carbons (Fsp3) is 0.844. The van der Waals surface area contributed by atoms with Gasteiger partial charge in [-0.15, -0.1) is 0 Å². The van der Waals surface area contributed by atoms with Crippen molar-refractivity contribution in [1.29, 1.82) is 0 Å². The first-order valence-electron chi connectivity index (χ1n) is 16.7. The van der Waals surface area contributed by atoms with Crippen LogP contribution in [0.15, 0.2) is 17.1 Å². The first-order chi connectivity index (χ1) is 21.0. The quantitative estimate of drug-likeness (QED) is 0.156. The standard InChI is InChI=1S/C32H56F2N8O2/c1-4-5-6-10-32(2)11-7-23(33)17-38-25(16-32)28(30(35)36)31(44)39-26-19-37-18-24(34)29(26)41-12-8-22(9-13-41)20-42-15-14-40(3)21-27(42)43/h7,11,18,22-26,28-30,38H,4-6,8-10,12-17,19-21,35-36H2,1-3H3,(H,39,44)/b11-7-. The molecule has 6 N–H and O–H groups in total. The molecule has 0 aromatic rings. The molecule has 0 radical (unpaired) electrons. The summed E-state index contributed by atoms with van der Waals surface area (Å²) >= 11 is 0. The maximum atomic E-state index is 15.5. The second-order valence-electron chi connectivity index (χ2n) is 13.9. The van der Waals surface area contributed by atoms with Crippen molar-refractivity contribution in [2.75, 3.05) is 59.4 Å². The van der Waals surface area contributed by atoms with Gasteiger partial charge in [0.05, 0.1) is 37.3 Å². The van der Waals surface area contributed by atoms with E-state index in [2.05, 4.69) is 34.4 Å². The molecule has 2 fully saturated rings. The second-order valence-corrected chi connectivity index (χ2v) is 13.9. The molecule has 0 bridgehead atoms. The molecule has 250 valence electrons. The number of aliphatic imine (C=N–C) groups is 1. The zero-order valence-corrected chi connectivity index (χ0v) is 27.0. The number of likely N-dealkylation sites (tertiary alicyclic amines) is 1. The third kappa shape index (κ3) is 9.28. The monoisotopic (exact) mass is 622 g/mol. The van der Waals surface area contributed by atoms with Crippen molar-refractivity contribution in [3.8, 4) is 0 Å². The predicted octanol–water partition coefficient (Wildman–Crippen LogP) is 1.45. The highest BCUT2D eigenvalue weighted by Crippen LogP contribution is 2.35. The van der Waals surface area contributed by atoms with Crippen molar-refractivity contribution >= 4 is 18.0 Å². The summed E-state index contributed by atoms with van der Waals surface area (Å²) in [7, 11) is 1.96. The normalized spacial score (nSPS) is 34.5. The van der Waals surface area contributed by atoms with Crippen LogP contribution < -0.4 is 22.1 Å². The fourth-order valence-corrected chi connectivity index (χ4v) is 7.48. The first-order valence-corrected chi connectivity index (χ1v) is 16.7. The first kappa shape index (κ1) is 34.9. The lowest BCUT2D eigenvalue weighted by Crippen LogP contribution is -2.64. The molecule has 4 heterocycles. The van der Waals surface area contributed by atoms with E-state index in [9.17, 15) is 14.0 Å². The number of nitrogens with two attached hydrogens (primary N) is 2. The Balaban J connectivity index is 1.41. The van der Waals surface area contributed by atoms with E-state index < -0.39 is 42.6 Å². The highest BCUT2D eigenvalue weighted by atomic mass is 19.1. The maximum Gasteiger partial charge on any atom is 0.236 e. The topological polar surface area (TPSA) is 132 Å². The number of unbranched alkanes of at least 4 members (excludes halogenated alkanes) is 2. The molecular formula is C32H56F2N8O2. The van der Waals surface area contributed by atoms with Gasteiger partial charge in [0.2, 0.25) is 11.8 Å². The number of amides is 2. The number of nitrogens with one attached hydrogen (secondary N) is 2. The van der Waals surface area contributed by atoms with E-state index in [1.54, 1.807) is 6.08 Å². The van der Waals surface area contributed by atoms with Crippen molar-refractivity contribution in [3.05, 3.63) is 12.2 Å². The summed E-state index contributed by atoms with van der Waals surface area (Å²) in [6.45, 7) is 8.77. The minimum atomic E-state index is -1.33. The van der Waals surface area contributed by atoms with Crippen LogP contribution in [-0.2, 0) is 9.59 Å². The molecule has 0 aliphatic carbocycles.